The van der Waals surface area contributed by atoms with Crippen molar-refractivity contribution in [2.75, 3.05) is 17.3 Å². The van der Waals surface area contributed by atoms with Crippen molar-refractivity contribution in [2.24, 2.45) is 0 Å². The van der Waals surface area contributed by atoms with Crippen molar-refractivity contribution in [1.82, 2.24) is 4.98 Å². The number of pyridine rings is 1. The minimum absolute atomic E-state index is 0.0349. The maximum atomic E-state index is 12.2. The van der Waals surface area contributed by atoms with Gasteiger partial charge in [0.1, 0.15) is 0 Å². The third-order valence-electron chi connectivity index (χ3n) is 2.79. The van der Waals surface area contributed by atoms with Gasteiger partial charge in [-0.15, -0.1) is 0 Å². The van der Waals surface area contributed by atoms with E-state index < -0.39 is 12.0 Å². The monoisotopic (exact) mass is 305 g/mol. The van der Waals surface area contributed by atoms with Crippen LogP contribution in [0, 0.1) is 0 Å². The van der Waals surface area contributed by atoms with Gasteiger partial charge in [0.05, 0.1) is 23.1 Å². The lowest BCUT2D eigenvalue weighted by Crippen LogP contribution is -2.31. The summed E-state index contributed by atoms with van der Waals surface area (Å²) >= 11 is 5.83. The Hall–Kier alpha value is -2.60. The molecule has 0 saturated heterocycles. The van der Waals surface area contributed by atoms with Gasteiger partial charge in [0.25, 0.3) is 0 Å². The number of hydrogen-bond acceptors (Lipinski definition) is 3. The smallest absolute Gasteiger partial charge is 0.337 e. The van der Waals surface area contributed by atoms with Gasteiger partial charge in [-0.25, -0.2) is 9.59 Å². The molecule has 0 unspecified atom stereocenters. The van der Waals surface area contributed by atoms with Crippen LogP contribution in [-0.4, -0.2) is 29.1 Å². The van der Waals surface area contributed by atoms with E-state index in [1.165, 1.54) is 29.3 Å². The zero-order valence-corrected chi connectivity index (χ0v) is 11.8. The van der Waals surface area contributed by atoms with E-state index in [1.807, 2.05) is 0 Å². The van der Waals surface area contributed by atoms with E-state index in [4.69, 9.17) is 16.7 Å². The van der Waals surface area contributed by atoms with Gasteiger partial charge in [0, 0.05) is 18.3 Å². The minimum atomic E-state index is -1.15. The van der Waals surface area contributed by atoms with Crippen molar-refractivity contribution < 1.29 is 14.7 Å². The highest BCUT2D eigenvalue weighted by molar-refractivity contribution is 6.31. The SMILES string of the molecule is CN(C(=O)Nc1cc(Cl)ccc1C(=O)O)c1cccnc1. The van der Waals surface area contributed by atoms with E-state index >= 15 is 0 Å². The molecule has 0 saturated carbocycles. The molecule has 0 spiro atoms. The molecule has 0 aliphatic rings. The minimum Gasteiger partial charge on any atom is -0.478 e. The Labute approximate surface area is 126 Å². The largest absolute Gasteiger partial charge is 0.478 e. The van der Waals surface area contributed by atoms with Crippen LogP contribution < -0.4 is 10.2 Å². The Morgan fingerprint density at radius 3 is 2.71 bits per heavy atom. The number of aromatic nitrogens is 1. The molecule has 0 bridgehead atoms. The fourth-order valence-electron chi connectivity index (χ4n) is 1.67. The average molecular weight is 306 g/mol. The first-order valence-corrected chi connectivity index (χ1v) is 6.34. The fraction of sp³-hybridized carbons (Fsp3) is 0.0714. The van der Waals surface area contributed by atoms with Crippen LogP contribution in [0.5, 0.6) is 0 Å². The Kier molecular flexibility index (Phi) is 4.39. The molecule has 0 fully saturated rings. The summed E-state index contributed by atoms with van der Waals surface area (Å²) in [6.45, 7) is 0. The number of nitrogens with one attached hydrogen (secondary N) is 1. The van der Waals surface area contributed by atoms with Crippen molar-refractivity contribution in [3.05, 3.63) is 53.3 Å². The molecule has 0 aliphatic heterocycles. The van der Waals surface area contributed by atoms with E-state index in [0.29, 0.717) is 10.7 Å². The van der Waals surface area contributed by atoms with E-state index in [9.17, 15) is 9.59 Å². The summed E-state index contributed by atoms with van der Waals surface area (Å²) in [5.41, 5.74) is 0.678. The lowest BCUT2D eigenvalue weighted by atomic mass is 10.2. The summed E-state index contributed by atoms with van der Waals surface area (Å²) in [6.07, 6.45) is 3.12. The maximum Gasteiger partial charge on any atom is 0.337 e. The molecule has 0 aliphatic carbocycles. The lowest BCUT2D eigenvalue weighted by molar-refractivity contribution is 0.0698. The first-order valence-electron chi connectivity index (χ1n) is 5.96. The molecule has 2 N–H and O–H groups in total. The molecule has 0 radical (unpaired) electrons. The normalized spacial score (nSPS) is 10.0. The zero-order valence-electron chi connectivity index (χ0n) is 11.1. The number of halogens is 1. The third-order valence-corrected chi connectivity index (χ3v) is 3.03. The molecule has 6 nitrogen and oxygen atoms in total. The Morgan fingerprint density at radius 1 is 1.33 bits per heavy atom. The first kappa shape index (κ1) is 14.8. The molecule has 108 valence electrons. The van der Waals surface area contributed by atoms with Crippen LogP contribution >= 0.6 is 11.6 Å². The van der Waals surface area contributed by atoms with Gasteiger partial charge in [-0.3, -0.25) is 9.88 Å². The van der Waals surface area contributed by atoms with Gasteiger partial charge in [0.2, 0.25) is 0 Å². The topological polar surface area (TPSA) is 82.5 Å². The van der Waals surface area contributed by atoms with Crippen LogP contribution in [-0.2, 0) is 0 Å². The summed E-state index contributed by atoms with van der Waals surface area (Å²) in [7, 11) is 1.55. The molecule has 0 atom stereocenters. The van der Waals surface area contributed by atoms with E-state index in [-0.39, 0.29) is 11.3 Å². The number of benzene rings is 1. The molecule has 2 amide bonds. The van der Waals surface area contributed by atoms with Crippen LogP contribution in [0.3, 0.4) is 0 Å². The molecule has 1 aromatic carbocycles. The average Bonchev–Trinajstić information content (AvgIpc) is 2.47. The van der Waals surface area contributed by atoms with Crippen LogP contribution in [0.25, 0.3) is 0 Å². The van der Waals surface area contributed by atoms with Gasteiger partial charge in [-0.2, -0.15) is 0 Å². The summed E-state index contributed by atoms with van der Waals surface area (Å²) in [5.74, 6) is -1.15. The summed E-state index contributed by atoms with van der Waals surface area (Å²) in [4.78, 5) is 28.5. The maximum absolute atomic E-state index is 12.2. The zero-order chi connectivity index (χ0) is 15.4. The quantitative estimate of drug-likeness (QED) is 0.912. The third kappa shape index (κ3) is 3.49. The molecular weight excluding hydrogens is 294 g/mol. The first-order chi connectivity index (χ1) is 9.99. The fourth-order valence-corrected chi connectivity index (χ4v) is 1.85. The molecule has 7 heteroatoms. The van der Waals surface area contributed by atoms with Crippen molar-refractivity contribution in [3.8, 4) is 0 Å². The standard InChI is InChI=1S/C14H12ClN3O3/c1-18(10-3-2-6-16-8-10)14(21)17-12-7-9(15)4-5-11(12)13(19)20/h2-8H,1H3,(H,17,21)(H,19,20). The number of carbonyl (C=O) groups is 2. The summed E-state index contributed by atoms with van der Waals surface area (Å²) < 4.78 is 0. The number of carboxylic acid groups (broad SMARTS) is 1. The molecule has 1 heterocycles. The highest BCUT2D eigenvalue weighted by Crippen LogP contribution is 2.22. The number of hydrogen-bond donors (Lipinski definition) is 2. The second-order valence-corrected chi connectivity index (χ2v) is 4.63. The van der Waals surface area contributed by atoms with Crippen molar-refractivity contribution in [3.63, 3.8) is 0 Å². The number of amides is 2. The van der Waals surface area contributed by atoms with E-state index in [2.05, 4.69) is 10.3 Å². The predicted octanol–water partition coefficient (Wildman–Crippen LogP) is 3.10. The van der Waals surface area contributed by atoms with Gasteiger partial charge < -0.3 is 10.4 Å². The van der Waals surface area contributed by atoms with Crippen LogP contribution in [0.15, 0.2) is 42.7 Å². The number of anilines is 2. The van der Waals surface area contributed by atoms with Gasteiger partial charge in [-0.1, -0.05) is 11.6 Å². The van der Waals surface area contributed by atoms with Crippen LogP contribution in [0.2, 0.25) is 5.02 Å². The Bertz CT molecular complexity index is 676. The molecule has 1 aromatic heterocycles. The molecular formula is C14H12ClN3O3. The molecule has 2 aromatic rings. The van der Waals surface area contributed by atoms with Crippen molar-refractivity contribution >= 4 is 35.0 Å². The van der Waals surface area contributed by atoms with Crippen molar-refractivity contribution in [2.45, 2.75) is 0 Å². The second kappa shape index (κ2) is 6.23. The number of carboxylic acids is 1. The predicted molar refractivity (Wildman–Crippen MR) is 80.1 cm³/mol. The Morgan fingerprint density at radius 2 is 2.10 bits per heavy atom. The number of urea groups is 1. The van der Waals surface area contributed by atoms with Crippen molar-refractivity contribution in [1.29, 1.82) is 0 Å². The van der Waals surface area contributed by atoms with Gasteiger partial charge in [0.15, 0.2) is 0 Å². The number of aromatic carboxylic acids is 1. The number of carbonyl (C=O) groups excluding carboxylic acids is 1. The van der Waals surface area contributed by atoms with Gasteiger partial charge in [-0.05, 0) is 30.3 Å². The number of rotatable bonds is 3. The van der Waals surface area contributed by atoms with E-state index in [0.717, 1.165) is 0 Å². The molecule has 2 rings (SSSR count). The van der Waals surface area contributed by atoms with Gasteiger partial charge >= 0.3 is 12.0 Å². The van der Waals surface area contributed by atoms with E-state index in [1.54, 1.807) is 25.4 Å². The lowest BCUT2D eigenvalue weighted by Gasteiger charge is -2.18. The van der Waals surface area contributed by atoms with Crippen LogP contribution in [0.4, 0.5) is 16.2 Å². The second-order valence-electron chi connectivity index (χ2n) is 4.20. The van der Waals surface area contributed by atoms with Crippen LogP contribution in [0.1, 0.15) is 10.4 Å². The summed E-state index contributed by atoms with van der Waals surface area (Å²) in [6, 6.07) is 7.09. The number of nitrogens with zero attached hydrogens (tertiary/aromatic N) is 2. The highest BCUT2D eigenvalue weighted by Gasteiger charge is 2.16. The Balaban J connectivity index is 2.24. The highest BCUT2D eigenvalue weighted by atomic mass is 35.5. The summed E-state index contributed by atoms with van der Waals surface area (Å²) in [5, 5.41) is 12.0. The molecule has 21 heavy (non-hydrogen) atoms.